The number of aliphatic hydroxyl groups excluding tert-OH is 1. The second-order valence-corrected chi connectivity index (χ2v) is 3.15. The molecule has 1 aromatic rings. The lowest BCUT2D eigenvalue weighted by atomic mass is 10.0. The molecule has 1 aromatic carbocycles. The van der Waals surface area contributed by atoms with Gasteiger partial charge in [-0.05, 0) is 18.6 Å². The fourth-order valence-corrected chi connectivity index (χ4v) is 1.25. The van der Waals surface area contributed by atoms with Gasteiger partial charge >= 0.3 is 0 Å². The smallest absolute Gasteiger partial charge is 0.194 e. The summed E-state index contributed by atoms with van der Waals surface area (Å²) >= 11 is 0. The summed E-state index contributed by atoms with van der Waals surface area (Å²) in [5, 5.41) is 9.38. The molecule has 1 rings (SSSR count). The van der Waals surface area contributed by atoms with Crippen molar-refractivity contribution in [3.05, 3.63) is 35.6 Å². The van der Waals surface area contributed by atoms with Gasteiger partial charge in [0.2, 0.25) is 0 Å². The Morgan fingerprint density at radius 3 is 2.71 bits per heavy atom. The average molecular weight is 196 g/mol. The Morgan fingerprint density at radius 1 is 1.50 bits per heavy atom. The van der Waals surface area contributed by atoms with Gasteiger partial charge in [0.1, 0.15) is 11.9 Å². The zero-order chi connectivity index (χ0) is 10.6. The van der Waals surface area contributed by atoms with E-state index in [9.17, 15) is 14.3 Å². The zero-order valence-electron chi connectivity index (χ0n) is 8.03. The minimum absolute atomic E-state index is 0.0338. The minimum Gasteiger partial charge on any atom is -0.385 e. The SMILES string of the molecule is CCCC(O)C(=O)c1ccccc1F. The maximum Gasteiger partial charge on any atom is 0.194 e. The number of benzene rings is 1. The molecule has 0 fully saturated rings. The van der Waals surface area contributed by atoms with E-state index in [0.29, 0.717) is 12.8 Å². The first kappa shape index (κ1) is 10.9. The van der Waals surface area contributed by atoms with E-state index in [1.807, 2.05) is 6.92 Å². The zero-order valence-corrected chi connectivity index (χ0v) is 8.03. The molecule has 2 nitrogen and oxygen atoms in total. The number of hydrogen-bond acceptors (Lipinski definition) is 2. The van der Waals surface area contributed by atoms with Crippen molar-refractivity contribution < 1.29 is 14.3 Å². The highest BCUT2D eigenvalue weighted by molar-refractivity contribution is 5.99. The topological polar surface area (TPSA) is 37.3 Å². The standard InChI is InChI=1S/C11H13FO2/c1-2-5-10(13)11(14)8-6-3-4-7-9(8)12/h3-4,6-7,10,13H,2,5H2,1H3. The Morgan fingerprint density at radius 2 is 2.14 bits per heavy atom. The Labute approximate surface area is 82.4 Å². The molecule has 1 N–H and O–H groups in total. The average Bonchev–Trinajstić information content (AvgIpc) is 2.18. The maximum absolute atomic E-state index is 13.1. The van der Waals surface area contributed by atoms with Crippen LogP contribution in [0.5, 0.6) is 0 Å². The molecular formula is C11H13FO2. The highest BCUT2D eigenvalue weighted by atomic mass is 19.1. The summed E-state index contributed by atoms with van der Waals surface area (Å²) in [6.45, 7) is 1.86. The van der Waals surface area contributed by atoms with Gasteiger partial charge in [0.15, 0.2) is 5.78 Å². The molecule has 1 unspecified atom stereocenters. The van der Waals surface area contributed by atoms with Crippen LogP contribution in [-0.4, -0.2) is 17.0 Å². The van der Waals surface area contributed by atoms with Gasteiger partial charge in [-0.15, -0.1) is 0 Å². The summed E-state index contributed by atoms with van der Waals surface area (Å²) in [6.07, 6.45) is -0.0222. The van der Waals surface area contributed by atoms with Gasteiger partial charge in [0.25, 0.3) is 0 Å². The second kappa shape index (κ2) is 4.86. The molecule has 0 spiro atoms. The number of Topliss-reactive ketones (excluding diaryl/α,β-unsaturated/α-hetero) is 1. The summed E-state index contributed by atoms with van der Waals surface area (Å²) in [5.74, 6) is -1.11. The summed E-state index contributed by atoms with van der Waals surface area (Å²) in [5.41, 5.74) is -0.0338. The van der Waals surface area contributed by atoms with Crippen molar-refractivity contribution in [3.8, 4) is 0 Å². The highest BCUT2D eigenvalue weighted by Crippen LogP contribution is 2.11. The number of hydrogen-bond donors (Lipinski definition) is 1. The summed E-state index contributed by atoms with van der Waals surface area (Å²) < 4.78 is 13.1. The van der Waals surface area contributed by atoms with E-state index in [1.54, 1.807) is 6.07 Å². The van der Waals surface area contributed by atoms with Crippen LogP contribution < -0.4 is 0 Å². The van der Waals surface area contributed by atoms with Crippen molar-refractivity contribution in [3.63, 3.8) is 0 Å². The molecule has 0 heterocycles. The number of aliphatic hydroxyl groups is 1. The Bertz CT molecular complexity index is 323. The largest absolute Gasteiger partial charge is 0.385 e. The van der Waals surface area contributed by atoms with Gasteiger partial charge in [-0.1, -0.05) is 25.5 Å². The fraction of sp³-hybridized carbons (Fsp3) is 0.364. The predicted molar refractivity (Wildman–Crippen MR) is 51.6 cm³/mol. The third-order valence-corrected chi connectivity index (χ3v) is 2.00. The molecule has 0 saturated carbocycles. The van der Waals surface area contributed by atoms with E-state index >= 15 is 0 Å². The lowest BCUT2D eigenvalue weighted by Crippen LogP contribution is -2.21. The van der Waals surface area contributed by atoms with Crippen molar-refractivity contribution >= 4 is 5.78 Å². The summed E-state index contributed by atoms with van der Waals surface area (Å²) in [7, 11) is 0. The molecule has 14 heavy (non-hydrogen) atoms. The van der Waals surface area contributed by atoms with E-state index in [1.165, 1.54) is 18.2 Å². The molecule has 76 valence electrons. The Hall–Kier alpha value is -1.22. The second-order valence-electron chi connectivity index (χ2n) is 3.15. The molecule has 0 aliphatic carbocycles. The monoisotopic (exact) mass is 196 g/mol. The van der Waals surface area contributed by atoms with E-state index in [4.69, 9.17) is 0 Å². The number of carbonyl (C=O) groups excluding carboxylic acids is 1. The van der Waals surface area contributed by atoms with Crippen LogP contribution in [0.1, 0.15) is 30.1 Å². The van der Waals surface area contributed by atoms with Gasteiger partial charge in [-0.3, -0.25) is 4.79 Å². The molecule has 0 aliphatic rings. The molecule has 0 saturated heterocycles. The molecule has 0 amide bonds. The van der Waals surface area contributed by atoms with Gasteiger partial charge in [0.05, 0.1) is 5.56 Å². The maximum atomic E-state index is 13.1. The molecular weight excluding hydrogens is 183 g/mol. The fourth-order valence-electron chi connectivity index (χ4n) is 1.25. The first-order valence-electron chi connectivity index (χ1n) is 4.63. The molecule has 0 bridgehead atoms. The van der Waals surface area contributed by atoms with Crippen LogP contribution >= 0.6 is 0 Å². The van der Waals surface area contributed by atoms with E-state index in [0.717, 1.165) is 0 Å². The quantitative estimate of drug-likeness (QED) is 0.749. The summed E-state index contributed by atoms with van der Waals surface area (Å²) in [6, 6.07) is 5.69. The first-order chi connectivity index (χ1) is 6.66. The molecule has 0 radical (unpaired) electrons. The molecule has 0 aliphatic heterocycles. The van der Waals surface area contributed by atoms with Crippen molar-refractivity contribution in [2.75, 3.05) is 0 Å². The van der Waals surface area contributed by atoms with Crippen molar-refractivity contribution in [2.24, 2.45) is 0 Å². The normalized spacial score (nSPS) is 12.5. The third-order valence-electron chi connectivity index (χ3n) is 2.00. The van der Waals surface area contributed by atoms with Crippen LogP contribution in [0.2, 0.25) is 0 Å². The minimum atomic E-state index is -1.09. The number of rotatable bonds is 4. The highest BCUT2D eigenvalue weighted by Gasteiger charge is 2.18. The van der Waals surface area contributed by atoms with Crippen LogP contribution in [0.3, 0.4) is 0 Å². The summed E-state index contributed by atoms with van der Waals surface area (Å²) in [4.78, 5) is 11.5. The Balaban J connectivity index is 2.84. The first-order valence-corrected chi connectivity index (χ1v) is 4.63. The number of ketones is 1. The van der Waals surface area contributed by atoms with Gasteiger partial charge in [0, 0.05) is 0 Å². The van der Waals surface area contributed by atoms with Gasteiger partial charge in [-0.2, -0.15) is 0 Å². The van der Waals surface area contributed by atoms with Gasteiger partial charge in [-0.25, -0.2) is 4.39 Å². The van der Waals surface area contributed by atoms with Crippen molar-refractivity contribution in [2.45, 2.75) is 25.9 Å². The predicted octanol–water partition coefficient (Wildman–Crippen LogP) is 2.17. The van der Waals surface area contributed by atoms with Gasteiger partial charge < -0.3 is 5.11 Å². The van der Waals surface area contributed by atoms with Crippen molar-refractivity contribution in [1.29, 1.82) is 0 Å². The molecule has 3 heteroatoms. The van der Waals surface area contributed by atoms with Crippen LogP contribution in [0.15, 0.2) is 24.3 Å². The van der Waals surface area contributed by atoms with Crippen LogP contribution in [0.25, 0.3) is 0 Å². The Kier molecular flexibility index (Phi) is 3.77. The van der Waals surface area contributed by atoms with E-state index in [2.05, 4.69) is 0 Å². The van der Waals surface area contributed by atoms with E-state index in [-0.39, 0.29) is 5.56 Å². The molecule has 1 atom stereocenters. The molecule has 0 aromatic heterocycles. The van der Waals surface area contributed by atoms with Crippen LogP contribution in [-0.2, 0) is 0 Å². The number of carbonyl (C=O) groups is 1. The van der Waals surface area contributed by atoms with Crippen LogP contribution in [0, 0.1) is 5.82 Å². The lowest BCUT2D eigenvalue weighted by Gasteiger charge is -2.08. The van der Waals surface area contributed by atoms with Crippen molar-refractivity contribution in [1.82, 2.24) is 0 Å². The third kappa shape index (κ3) is 2.39. The van der Waals surface area contributed by atoms with Crippen LogP contribution in [0.4, 0.5) is 4.39 Å². The van der Waals surface area contributed by atoms with E-state index < -0.39 is 17.7 Å². The lowest BCUT2D eigenvalue weighted by molar-refractivity contribution is 0.0725. The number of halogens is 1.